The van der Waals surface area contributed by atoms with E-state index < -0.39 is 0 Å². The standard InChI is InChI=1S/C3H7.CH.Y/c1-3-2;;/h1,3H2,2H3;1H;/q2*-1;. The minimum Gasteiger partial charge on any atom is -0.726 e. The van der Waals surface area contributed by atoms with Crippen molar-refractivity contribution in [3.8, 4) is 0 Å². The van der Waals surface area contributed by atoms with Crippen molar-refractivity contribution >= 4 is 0 Å². The smallest absolute Gasteiger partial charge is 0 e. The van der Waals surface area contributed by atoms with Crippen molar-refractivity contribution < 1.29 is 32.7 Å². The molecule has 0 aromatic carbocycles. The van der Waals surface area contributed by atoms with Crippen molar-refractivity contribution in [2.24, 2.45) is 0 Å². The van der Waals surface area contributed by atoms with Crippen LogP contribution in [0.5, 0.6) is 0 Å². The molecule has 0 spiro atoms. The van der Waals surface area contributed by atoms with E-state index in [1.165, 1.54) is 0 Å². The van der Waals surface area contributed by atoms with E-state index in [0.29, 0.717) is 0 Å². The minimum atomic E-state index is 0. The summed E-state index contributed by atoms with van der Waals surface area (Å²) in [6, 6.07) is 0. The summed E-state index contributed by atoms with van der Waals surface area (Å²) in [6.07, 6.45) is 1.00. The van der Waals surface area contributed by atoms with E-state index in [1.54, 1.807) is 0 Å². The van der Waals surface area contributed by atoms with Crippen LogP contribution in [0.2, 0.25) is 0 Å². The fourth-order valence-electron chi connectivity index (χ4n) is 0. The maximum atomic E-state index is 3.49. The zero-order valence-electron chi connectivity index (χ0n) is 3.57. The number of hydrogen-bond donors (Lipinski definition) is 0. The van der Waals surface area contributed by atoms with Crippen molar-refractivity contribution in [2.45, 2.75) is 13.3 Å². The van der Waals surface area contributed by atoms with Crippen LogP contribution in [-0.2, 0) is 32.7 Å². The van der Waals surface area contributed by atoms with Crippen LogP contribution < -0.4 is 0 Å². The summed E-state index contributed by atoms with van der Waals surface area (Å²) in [5.74, 6) is 0. The van der Waals surface area contributed by atoms with Gasteiger partial charge in [-0.2, -0.15) is 6.42 Å². The van der Waals surface area contributed by atoms with Crippen LogP contribution in [0.4, 0.5) is 0 Å². The molecule has 0 fully saturated rings. The van der Waals surface area contributed by atoms with Crippen molar-refractivity contribution in [1.29, 1.82) is 0 Å². The predicted molar refractivity (Wildman–Crippen MR) is 19.9 cm³/mol. The average Bonchev–Trinajstić information content (AvgIpc) is 0.918. The van der Waals surface area contributed by atoms with E-state index in [-0.39, 0.29) is 40.1 Å². The average molecular weight is 145 g/mol. The summed E-state index contributed by atoms with van der Waals surface area (Å²) >= 11 is 0. The van der Waals surface area contributed by atoms with E-state index in [4.69, 9.17) is 0 Å². The van der Waals surface area contributed by atoms with Crippen LogP contribution >= 0.6 is 0 Å². The molecule has 0 unspecified atom stereocenters. The maximum Gasteiger partial charge on any atom is 0 e. The molecule has 0 saturated heterocycles. The van der Waals surface area contributed by atoms with E-state index in [9.17, 15) is 0 Å². The molecule has 0 saturated carbocycles. The molecule has 0 aromatic heterocycles. The zero-order chi connectivity index (χ0) is 2.71. The van der Waals surface area contributed by atoms with E-state index in [1.807, 2.05) is 6.92 Å². The first kappa shape index (κ1) is 16.5. The Morgan fingerprint density at radius 3 is 1.60 bits per heavy atom. The Hall–Kier alpha value is 1.10. The molecule has 5 heavy (non-hydrogen) atoms. The van der Waals surface area contributed by atoms with Crippen LogP contribution in [-0.4, -0.2) is 0 Å². The van der Waals surface area contributed by atoms with Gasteiger partial charge in [-0.05, 0) is 0 Å². The fourth-order valence-corrected chi connectivity index (χ4v) is 0. The first-order chi connectivity index (χ1) is 1.41. The number of hydrogen-bond acceptors (Lipinski definition) is 0. The molecule has 0 bridgehead atoms. The van der Waals surface area contributed by atoms with Gasteiger partial charge in [0, 0.05) is 32.7 Å². The van der Waals surface area contributed by atoms with Gasteiger partial charge in [0.1, 0.15) is 0 Å². The Bertz CT molecular complexity index is 3.61. The Kier molecular flexibility index (Phi) is 64.1. The molecule has 0 heterocycles. The van der Waals surface area contributed by atoms with E-state index >= 15 is 0 Å². The van der Waals surface area contributed by atoms with Gasteiger partial charge in [-0.1, -0.05) is 6.92 Å². The Morgan fingerprint density at radius 1 is 1.60 bits per heavy atom. The molecule has 29 valence electrons. The Labute approximate surface area is 60.2 Å². The molecule has 3 radical (unpaired) electrons. The normalized spacial score (nSPS) is 3.60. The van der Waals surface area contributed by atoms with Gasteiger partial charge in [0.15, 0.2) is 0 Å². The van der Waals surface area contributed by atoms with Gasteiger partial charge >= 0.3 is 0 Å². The fraction of sp³-hybridized carbons (Fsp3) is 0.500. The van der Waals surface area contributed by atoms with Gasteiger partial charge < -0.3 is 14.4 Å². The van der Waals surface area contributed by atoms with Crippen LogP contribution in [0.3, 0.4) is 0 Å². The summed E-state index contributed by atoms with van der Waals surface area (Å²) in [6.45, 7) is 5.50. The van der Waals surface area contributed by atoms with Crippen LogP contribution in [0, 0.1) is 14.4 Å². The molecule has 0 aliphatic rings. The molecule has 0 aliphatic heterocycles. The van der Waals surface area contributed by atoms with Gasteiger partial charge in [-0.3, -0.25) is 0 Å². The Morgan fingerprint density at radius 2 is 1.60 bits per heavy atom. The van der Waals surface area contributed by atoms with Crippen molar-refractivity contribution in [3.63, 3.8) is 0 Å². The summed E-state index contributed by atoms with van der Waals surface area (Å²) < 4.78 is 0. The third kappa shape index (κ3) is 40.4. The van der Waals surface area contributed by atoms with Gasteiger partial charge in [-0.15, -0.1) is 0 Å². The molecule has 0 aliphatic carbocycles. The second-order valence-corrected chi connectivity index (χ2v) is 0.500. The second-order valence-electron chi connectivity index (χ2n) is 0.500. The predicted octanol–water partition coefficient (Wildman–Crippen LogP) is 1.43. The maximum absolute atomic E-state index is 3.49. The van der Waals surface area contributed by atoms with Crippen LogP contribution in [0.1, 0.15) is 13.3 Å². The van der Waals surface area contributed by atoms with E-state index in [2.05, 4.69) is 6.92 Å². The first-order valence-corrected chi connectivity index (χ1v) is 1.21. The van der Waals surface area contributed by atoms with Crippen LogP contribution in [0.15, 0.2) is 0 Å². The molecular weight excluding hydrogens is 137 g/mol. The van der Waals surface area contributed by atoms with Crippen molar-refractivity contribution in [3.05, 3.63) is 14.4 Å². The molecular formula is C4H8Y-2. The molecule has 0 N–H and O–H groups in total. The zero-order valence-corrected chi connectivity index (χ0v) is 6.41. The molecule has 0 nitrogen and oxygen atoms in total. The van der Waals surface area contributed by atoms with Gasteiger partial charge in [0.25, 0.3) is 0 Å². The van der Waals surface area contributed by atoms with Gasteiger partial charge in [0.2, 0.25) is 0 Å². The minimum absolute atomic E-state index is 0. The molecule has 0 amide bonds. The van der Waals surface area contributed by atoms with E-state index in [0.717, 1.165) is 6.42 Å². The molecule has 1 heteroatoms. The van der Waals surface area contributed by atoms with Crippen molar-refractivity contribution in [2.75, 3.05) is 0 Å². The van der Waals surface area contributed by atoms with Crippen LogP contribution in [0.25, 0.3) is 0 Å². The summed E-state index contributed by atoms with van der Waals surface area (Å²) in [4.78, 5) is 0. The molecule has 0 rings (SSSR count). The monoisotopic (exact) mass is 145 g/mol. The first-order valence-electron chi connectivity index (χ1n) is 1.21. The quantitative estimate of drug-likeness (QED) is 0.452. The molecule has 0 aromatic rings. The largest absolute Gasteiger partial charge is 0.726 e. The summed E-state index contributed by atoms with van der Waals surface area (Å²) in [5.41, 5.74) is 0. The summed E-state index contributed by atoms with van der Waals surface area (Å²) in [7, 11) is 0. The molecule has 0 atom stereocenters. The van der Waals surface area contributed by atoms with Gasteiger partial charge in [-0.25, -0.2) is 0 Å². The Balaban J connectivity index is -0.0000000200. The summed E-state index contributed by atoms with van der Waals surface area (Å²) in [5, 5.41) is 0. The SMILES string of the molecule is [CH-].[CH2-]CC.[Y]. The third-order valence-electron chi connectivity index (χ3n) is 0. The number of rotatable bonds is 0. The van der Waals surface area contributed by atoms with Crippen molar-refractivity contribution in [1.82, 2.24) is 0 Å². The topological polar surface area (TPSA) is 0 Å². The van der Waals surface area contributed by atoms with Gasteiger partial charge in [0.05, 0.1) is 0 Å². The second kappa shape index (κ2) is 19.4. The third-order valence-corrected chi connectivity index (χ3v) is 0.